The molecule has 1 heterocycles. The number of rotatable bonds is 3. The van der Waals surface area contributed by atoms with Crippen LogP contribution in [0.25, 0.3) is 0 Å². The normalized spacial score (nSPS) is 16.1. The number of hydrogen-bond donors (Lipinski definition) is 1. The Morgan fingerprint density at radius 2 is 2.05 bits per heavy atom. The largest absolute Gasteiger partial charge is 0.301 e. The number of benzene rings is 1. The van der Waals surface area contributed by atoms with Gasteiger partial charge in [0, 0.05) is 5.02 Å². The fraction of sp³-hybridized carbons (Fsp3) is 0.231. The van der Waals surface area contributed by atoms with E-state index in [1.54, 1.807) is 12.1 Å². The van der Waals surface area contributed by atoms with Crippen LogP contribution in [0.15, 0.2) is 30.5 Å². The lowest BCUT2D eigenvalue weighted by atomic mass is 9.95. The minimum absolute atomic E-state index is 0.135. The lowest BCUT2D eigenvalue weighted by Gasteiger charge is -2.14. The maximum atomic E-state index is 12.8. The standard InChI is InChI=1S/C13H10ClFN2OS/c14-9-3-1-8(2-4-9)13(5-6-13)11(18)17-12-16-7-10(15)19-12/h1-4,7H,5-6H2,(H,16,17,18). The van der Waals surface area contributed by atoms with Crippen LogP contribution in [0.3, 0.4) is 0 Å². The lowest BCUT2D eigenvalue weighted by molar-refractivity contribution is -0.118. The monoisotopic (exact) mass is 296 g/mol. The van der Waals surface area contributed by atoms with E-state index in [1.807, 2.05) is 12.1 Å². The van der Waals surface area contributed by atoms with E-state index in [4.69, 9.17) is 11.6 Å². The van der Waals surface area contributed by atoms with Crippen molar-refractivity contribution in [2.75, 3.05) is 5.32 Å². The van der Waals surface area contributed by atoms with E-state index in [2.05, 4.69) is 10.3 Å². The van der Waals surface area contributed by atoms with Crippen LogP contribution in [0.5, 0.6) is 0 Å². The zero-order valence-electron chi connectivity index (χ0n) is 9.82. The number of nitrogens with one attached hydrogen (secondary N) is 1. The molecule has 2 aromatic rings. The number of halogens is 2. The Morgan fingerprint density at radius 3 is 2.58 bits per heavy atom. The highest BCUT2D eigenvalue weighted by molar-refractivity contribution is 7.14. The SMILES string of the molecule is O=C(Nc1ncc(F)s1)C1(c2ccc(Cl)cc2)CC1. The Bertz CT molecular complexity index is 622. The van der Waals surface area contributed by atoms with Crippen molar-refractivity contribution < 1.29 is 9.18 Å². The van der Waals surface area contributed by atoms with E-state index >= 15 is 0 Å². The highest BCUT2D eigenvalue weighted by Crippen LogP contribution is 2.49. The Kier molecular flexibility index (Phi) is 3.03. The molecule has 3 nitrogen and oxygen atoms in total. The first-order chi connectivity index (χ1) is 9.10. The van der Waals surface area contributed by atoms with Gasteiger partial charge in [-0.15, -0.1) is 0 Å². The van der Waals surface area contributed by atoms with Crippen LogP contribution in [-0.4, -0.2) is 10.9 Å². The third-order valence-electron chi connectivity index (χ3n) is 3.28. The molecule has 1 N–H and O–H groups in total. The number of carbonyl (C=O) groups excluding carboxylic acids is 1. The Labute approximate surface area is 118 Å². The third kappa shape index (κ3) is 2.35. The van der Waals surface area contributed by atoms with Crippen molar-refractivity contribution >= 4 is 34.0 Å². The summed E-state index contributed by atoms with van der Waals surface area (Å²) in [4.78, 5) is 16.1. The molecule has 0 unspecified atom stereocenters. The topological polar surface area (TPSA) is 42.0 Å². The van der Waals surface area contributed by atoms with E-state index in [1.165, 1.54) is 0 Å². The predicted octanol–water partition coefficient (Wildman–Crippen LogP) is 3.61. The van der Waals surface area contributed by atoms with Gasteiger partial charge in [-0.3, -0.25) is 4.79 Å². The zero-order chi connectivity index (χ0) is 13.5. The van der Waals surface area contributed by atoms with E-state index in [-0.39, 0.29) is 5.91 Å². The van der Waals surface area contributed by atoms with Crippen LogP contribution in [0.1, 0.15) is 18.4 Å². The van der Waals surface area contributed by atoms with Gasteiger partial charge < -0.3 is 5.32 Å². The molecule has 0 bridgehead atoms. The molecule has 0 saturated heterocycles. The minimum atomic E-state index is -0.507. The number of hydrogen-bond acceptors (Lipinski definition) is 3. The highest BCUT2D eigenvalue weighted by atomic mass is 35.5. The van der Waals surface area contributed by atoms with E-state index in [9.17, 15) is 9.18 Å². The number of carbonyl (C=O) groups is 1. The van der Waals surface area contributed by atoms with Crippen LogP contribution in [-0.2, 0) is 10.2 Å². The van der Waals surface area contributed by atoms with E-state index < -0.39 is 10.5 Å². The van der Waals surface area contributed by atoms with Gasteiger partial charge >= 0.3 is 0 Å². The summed E-state index contributed by atoms with van der Waals surface area (Å²) in [6, 6.07) is 7.26. The Hall–Kier alpha value is -1.46. The van der Waals surface area contributed by atoms with Crippen molar-refractivity contribution in [2.24, 2.45) is 0 Å². The Balaban J connectivity index is 1.81. The molecule has 6 heteroatoms. The predicted molar refractivity (Wildman–Crippen MR) is 73.1 cm³/mol. The molecule has 1 aliphatic rings. The van der Waals surface area contributed by atoms with Gasteiger partial charge in [0.25, 0.3) is 0 Å². The molecule has 1 aliphatic carbocycles. The van der Waals surface area contributed by atoms with Gasteiger partial charge in [-0.25, -0.2) is 4.98 Å². The van der Waals surface area contributed by atoms with Gasteiger partial charge in [0.2, 0.25) is 5.91 Å². The summed E-state index contributed by atoms with van der Waals surface area (Å²) in [6.07, 6.45) is 2.67. The number of nitrogens with zero attached hydrogens (tertiary/aromatic N) is 1. The number of thiazole rings is 1. The molecule has 1 saturated carbocycles. The summed E-state index contributed by atoms with van der Waals surface area (Å²) in [5.74, 6) is -0.135. The number of amides is 1. The average Bonchev–Trinajstić information content (AvgIpc) is 3.10. The first kappa shape index (κ1) is 12.6. The van der Waals surface area contributed by atoms with E-state index in [0.29, 0.717) is 10.2 Å². The van der Waals surface area contributed by atoms with Crippen LogP contribution < -0.4 is 5.32 Å². The van der Waals surface area contributed by atoms with Crippen molar-refractivity contribution in [3.63, 3.8) is 0 Å². The van der Waals surface area contributed by atoms with Crippen LogP contribution >= 0.6 is 22.9 Å². The Morgan fingerprint density at radius 1 is 1.37 bits per heavy atom. The summed E-state index contributed by atoms with van der Waals surface area (Å²) in [5, 5.41) is 3.20. The molecular weight excluding hydrogens is 287 g/mol. The second kappa shape index (κ2) is 4.58. The van der Waals surface area contributed by atoms with Gasteiger partial charge in [-0.1, -0.05) is 35.1 Å². The summed E-state index contributed by atoms with van der Waals surface area (Å²) in [6.45, 7) is 0. The molecule has 0 spiro atoms. The fourth-order valence-electron chi connectivity index (χ4n) is 2.07. The first-order valence-corrected chi connectivity index (χ1v) is 6.98. The number of aromatic nitrogens is 1. The lowest BCUT2D eigenvalue weighted by Crippen LogP contribution is -2.27. The molecule has 0 atom stereocenters. The molecule has 0 aliphatic heterocycles. The first-order valence-electron chi connectivity index (χ1n) is 5.79. The average molecular weight is 297 g/mol. The van der Waals surface area contributed by atoms with Crippen molar-refractivity contribution in [1.82, 2.24) is 4.98 Å². The molecule has 1 aromatic carbocycles. The maximum Gasteiger partial charge on any atom is 0.236 e. The van der Waals surface area contributed by atoms with Gasteiger partial charge in [0.1, 0.15) is 0 Å². The molecule has 1 fully saturated rings. The zero-order valence-corrected chi connectivity index (χ0v) is 11.4. The fourth-order valence-corrected chi connectivity index (χ4v) is 2.73. The molecule has 1 amide bonds. The van der Waals surface area contributed by atoms with Crippen LogP contribution in [0.2, 0.25) is 5.02 Å². The van der Waals surface area contributed by atoms with Gasteiger partial charge in [0.15, 0.2) is 10.3 Å². The summed E-state index contributed by atoms with van der Waals surface area (Å²) < 4.78 is 12.8. The molecular formula is C13H10ClFN2OS. The molecule has 19 heavy (non-hydrogen) atoms. The maximum absolute atomic E-state index is 12.8. The molecule has 1 aromatic heterocycles. The second-order valence-corrected chi connectivity index (χ2v) is 5.93. The minimum Gasteiger partial charge on any atom is -0.301 e. The molecule has 0 radical (unpaired) electrons. The van der Waals surface area contributed by atoms with Crippen LogP contribution in [0, 0.1) is 5.13 Å². The second-order valence-electron chi connectivity index (χ2n) is 4.51. The van der Waals surface area contributed by atoms with Crippen molar-refractivity contribution in [3.05, 3.63) is 46.2 Å². The smallest absolute Gasteiger partial charge is 0.236 e. The van der Waals surface area contributed by atoms with Crippen molar-refractivity contribution in [2.45, 2.75) is 18.3 Å². The van der Waals surface area contributed by atoms with Gasteiger partial charge in [-0.2, -0.15) is 4.39 Å². The quantitative estimate of drug-likeness (QED) is 0.940. The van der Waals surface area contributed by atoms with Gasteiger partial charge in [-0.05, 0) is 30.5 Å². The molecule has 3 rings (SSSR count). The number of anilines is 1. The summed E-state index contributed by atoms with van der Waals surface area (Å²) in [7, 11) is 0. The third-order valence-corrected chi connectivity index (χ3v) is 4.23. The highest BCUT2D eigenvalue weighted by Gasteiger charge is 2.51. The van der Waals surface area contributed by atoms with Crippen LogP contribution in [0.4, 0.5) is 9.52 Å². The summed E-state index contributed by atoms with van der Waals surface area (Å²) in [5.41, 5.74) is 0.429. The summed E-state index contributed by atoms with van der Waals surface area (Å²) >= 11 is 6.67. The van der Waals surface area contributed by atoms with E-state index in [0.717, 1.165) is 35.9 Å². The van der Waals surface area contributed by atoms with Gasteiger partial charge in [0.05, 0.1) is 11.6 Å². The molecule has 98 valence electrons. The van der Waals surface area contributed by atoms with Crippen molar-refractivity contribution in [3.8, 4) is 0 Å². The van der Waals surface area contributed by atoms with Crippen molar-refractivity contribution in [1.29, 1.82) is 0 Å².